The molecular formula is C32H33N3O4. The minimum Gasteiger partial charge on any atom is -0.459 e. The van der Waals surface area contributed by atoms with Crippen LogP contribution in [0, 0.1) is 5.92 Å². The van der Waals surface area contributed by atoms with Crippen LogP contribution in [0.1, 0.15) is 48.2 Å². The molecule has 1 aromatic heterocycles. The zero-order chi connectivity index (χ0) is 26.8. The van der Waals surface area contributed by atoms with E-state index in [0.29, 0.717) is 25.3 Å². The summed E-state index contributed by atoms with van der Waals surface area (Å²) in [5, 5.41) is 12.6. The van der Waals surface area contributed by atoms with Crippen LogP contribution in [0.25, 0.3) is 22.2 Å². The van der Waals surface area contributed by atoms with Crippen molar-refractivity contribution in [1.82, 2.24) is 15.3 Å². The zero-order valence-corrected chi connectivity index (χ0v) is 22.0. The summed E-state index contributed by atoms with van der Waals surface area (Å²) in [5.74, 6) is 0.486. The molecule has 1 amide bonds. The smallest absolute Gasteiger partial charge is 0.286 e. The van der Waals surface area contributed by atoms with Gasteiger partial charge < -0.3 is 24.9 Å². The molecule has 200 valence electrons. The number of aliphatic hydroxyl groups is 1. The molecule has 0 spiro atoms. The monoisotopic (exact) mass is 523 g/mol. The molecular weight excluding hydrogens is 490 g/mol. The van der Waals surface area contributed by atoms with Crippen LogP contribution in [-0.4, -0.2) is 40.5 Å². The summed E-state index contributed by atoms with van der Waals surface area (Å²) in [7, 11) is 0. The third-order valence-electron chi connectivity index (χ3n) is 7.74. The Balaban J connectivity index is 1.32. The predicted molar refractivity (Wildman–Crippen MR) is 150 cm³/mol. The van der Waals surface area contributed by atoms with Crippen molar-refractivity contribution in [3.8, 4) is 11.1 Å². The number of amides is 1. The van der Waals surface area contributed by atoms with Crippen LogP contribution in [0.15, 0.2) is 78.6 Å². The van der Waals surface area contributed by atoms with Crippen LogP contribution in [-0.2, 0) is 27.2 Å². The number of nitrogens with zero attached hydrogens (tertiary/aromatic N) is 1. The molecule has 1 aliphatic heterocycles. The lowest BCUT2D eigenvalue weighted by molar-refractivity contribution is -0.166. The molecule has 2 heterocycles. The van der Waals surface area contributed by atoms with Crippen molar-refractivity contribution in [2.24, 2.45) is 5.92 Å². The second-order valence-corrected chi connectivity index (χ2v) is 10.1. The zero-order valence-electron chi connectivity index (χ0n) is 22.0. The van der Waals surface area contributed by atoms with E-state index in [4.69, 9.17) is 9.47 Å². The number of ether oxygens (including phenoxy) is 2. The van der Waals surface area contributed by atoms with Gasteiger partial charge in [0.25, 0.3) is 5.91 Å². The third kappa shape index (κ3) is 4.95. The van der Waals surface area contributed by atoms with E-state index in [9.17, 15) is 9.90 Å². The number of rotatable bonds is 9. The first-order valence-corrected chi connectivity index (χ1v) is 13.7. The number of H-pyrrole nitrogens is 1. The summed E-state index contributed by atoms with van der Waals surface area (Å²) in [5.41, 5.74) is 8.08. The van der Waals surface area contributed by atoms with Gasteiger partial charge in [-0.15, -0.1) is 0 Å². The molecule has 4 aromatic rings. The van der Waals surface area contributed by atoms with Gasteiger partial charge in [0.15, 0.2) is 5.76 Å². The van der Waals surface area contributed by atoms with E-state index >= 15 is 0 Å². The average Bonchev–Trinajstić information content (AvgIpc) is 3.56. The molecule has 39 heavy (non-hydrogen) atoms. The second-order valence-electron chi connectivity index (χ2n) is 10.1. The summed E-state index contributed by atoms with van der Waals surface area (Å²) in [4.78, 5) is 21.2. The van der Waals surface area contributed by atoms with Gasteiger partial charge in [-0.25, -0.2) is 4.98 Å². The van der Waals surface area contributed by atoms with Gasteiger partial charge in [-0.2, -0.15) is 0 Å². The maximum absolute atomic E-state index is 13.4. The van der Waals surface area contributed by atoms with Crippen molar-refractivity contribution in [1.29, 1.82) is 0 Å². The average molecular weight is 524 g/mol. The van der Waals surface area contributed by atoms with Crippen molar-refractivity contribution in [3.63, 3.8) is 0 Å². The lowest BCUT2D eigenvalue weighted by Gasteiger charge is -2.37. The fourth-order valence-electron chi connectivity index (χ4n) is 5.96. The first-order chi connectivity index (χ1) is 19.2. The van der Waals surface area contributed by atoms with Crippen LogP contribution in [0.5, 0.6) is 0 Å². The summed E-state index contributed by atoms with van der Waals surface area (Å²) in [6, 6.07) is 22.7. The topological polar surface area (TPSA) is 96.5 Å². The van der Waals surface area contributed by atoms with Gasteiger partial charge in [-0.05, 0) is 72.2 Å². The number of fused-ring (bicyclic) bond motifs is 4. The van der Waals surface area contributed by atoms with E-state index in [2.05, 4.69) is 57.7 Å². The number of benzene rings is 3. The Labute approximate surface area is 227 Å². The van der Waals surface area contributed by atoms with Crippen LogP contribution < -0.4 is 5.32 Å². The molecule has 2 aliphatic rings. The first kappa shape index (κ1) is 25.3. The molecule has 3 aromatic carbocycles. The Kier molecular flexibility index (Phi) is 7.18. The minimum absolute atomic E-state index is 0.0424. The Morgan fingerprint density at radius 2 is 1.92 bits per heavy atom. The Bertz CT molecular complexity index is 1490. The molecule has 3 atom stereocenters. The Hall–Kier alpha value is -3.94. The van der Waals surface area contributed by atoms with Gasteiger partial charge in [-0.1, -0.05) is 54.6 Å². The summed E-state index contributed by atoms with van der Waals surface area (Å²) in [6.45, 7) is 2.73. The third-order valence-corrected chi connectivity index (χ3v) is 7.74. The van der Waals surface area contributed by atoms with Gasteiger partial charge in [0.1, 0.15) is 5.82 Å². The van der Waals surface area contributed by atoms with Gasteiger partial charge in [0.2, 0.25) is 6.29 Å². The Morgan fingerprint density at radius 3 is 2.77 bits per heavy atom. The van der Waals surface area contributed by atoms with E-state index in [1.807, 2.05) is 37.3 Å². The van der Waals surface area contributed by atoms with E-state index in [0.717, 1.165) is 17.5 Å². The Morgan fingerprint density at radius 1 is 1.10 bits per heavy atom. The highest BCUT2D eigenvalue weighted by atomic mass is 16.7. The van der Waals surface area contributed by atoms with Gasteiger partial charge in [0.05, 0.1) is 17.6 Å². The lowest BCUT2D eigenvalue weighted by atomic mass is 9.78. The van der Waals surface area contributed by atoms with Crippen molar-refractivity contribution >= 4 is 16.9 Å². The van der Waals surface area contributed by atoms with Crippen molar-refractivity contribution in [3.05, 3.63) is 101 Å². The number of carbonyl (C=O) groups is 1. The molecule has 7 heteroatoms. The highest BCUT2D eigenvalue weighted by Gasteiger charge is 2.39. The number of carbonyl (C=O) groups excluding carboxylic acids is 1. The van der Waals surface area contributed by atoms with Gasteiger partial charge >= 0.3 is 0 Å². The maximum atomic E-state index is 13.4. The first-order valence-electron chi connectivity index (χ1n) is 13.7. The van der Waals surface area contributed by atoms with E-state index < -0.39 is 6.29 Å². The quantitative estimate of drug-likeness (QED) is 0.247. The van der Waals surface area contributed by atoms with Crippen LogP contribution >= 0.6 is 0 Å². The predicted octanol–water partition coefficient (Wildman–Crippen LogP) is 5.20. The van der Waals surface area contributed by atoms with E-state index in [1.54, 1.807) is 0 Å². The summed E-state index contributed by atoms with van der Waals surface area (Å²) >= 11 is 0. The molecule has 3 N–H and O–H groups in total. The fraction of sp³-hybridized carbons (Fsp3) is 0.312. The maximum Gasteiger partial charge on any atom is 0.286 e. The largest absolute Gasteiger partial charge is 0.459 e. The number of hydrogen-bond acceptors (Lipinski definition) is 5. The highest BCUT2D eigenvalue weighted by Crippen LogP contribution is 2.46. The van der Waals surface area contributed by atoms with Crippen LogP contribution in [0.2, 0.25) is 0 Å². The number of aromatic amines is 1. The van der Waals surface area contributed by atoms with Crippen LogP contribution in [0.3, 0.4) is 0 Å². The number of allylic oxidation sites excluding steroid dienone is 1. The van der Waals surface area contributed by atoms with Gasteiger partial charge in [-0.3, -0.25) is 4.79 Å². The van der Waals surface area contributed by atoms with E-state index in [-0.39, 0.29) is 36.7 Å². The normalized spacial score (nSPS) is 19.7. The fourth-order valence-corrected chi connectivity index (χ4v) is 5.96. The molecule has 0 fully saturated rings. The minimum atomic E-state index is -0.594. The number of para-hydroxylation sites is 2. The number of nitrogens with one attached hydrogen (secondary N) is 2. The lowest BCUT2D eigenvalue weighted by Crippen LogP contribution is -2.39. The number of imidazole rings is 1. The van der Waals surface area contributed by atoms with Crippen molar-refractivity contribution in [2.75, 3.05) is 13.2 Å². The molecule has 6 rings (SSSR count). The standard InChI is InChI=1S/C32H33N3O4/c1-2-38-32-24(13-8-16-36)26(23-12-7-11-22-21-10-4-3-9-20(21)17-25(22)23)18-29(39-32)31(37)33-19-30-34-27-14-5-6-15-28(27)35-30/h3-7,9-12,14-15,18,24,26,32,36H,2,8,13,16-17,19H2,1H3,(H,33,37)(H,34,35)/t24-,26-,32-/m1/s1. The molecule has 7 nitrogen and oxygen atoms in total. The van der Waals surface area contributed by atoms with Crippen molar-refractivity contribution < 1.29 is 19.4 Å². The molecule has 0 bridgehead atoms. The second kappa shape index (κ2) is 11.0. The number of aromatic nitrogens is 2. The molecule has 0 saturated heterocycles. The SMILES string of the molecule is CCO[C@@H]1OC(C(=O)NCc2nc3ccccc3[nH]2)=C[C@H](c2cccc3c2Cc2ccccc2-3)[C@H]1CCCO. The molecule has 0 saturated carbocycles. The highest BCUT2D eigenvalue weighted by molar-refractivity contribution is 5.92. The molecule has 0 radical (unpaired) electrons. The van der Waals surface area contributed by atoms with E-state index in [1.165, 1.54) is 27.8 Å². The molecule has 1 aliphatic carbocycles. The number of aliphatic hydroxyl groups excluding tert-OH is 1. The molecule has 0 unspecified atom stereocenters. The number of hydrogen-bond donors (Lipinski definition) is 3. The van der Waals surface area contributed by atoms with Gasteiger partial charge in [0, 0.05) is 25.0 Å². The van der Waals surface area contributed by atoms with Crippen LogP contribution in [0.4, 0.5) is 0 Å². The summed E-state index contributed by atoms with van der Waals surface area (Å²) in [6.07, 6.45) is 3.55. The van der Waals surface area contributed by atoms with Crippen molar-refractivity contribution in [2.45, 2.75) is 44.9 Å². The summed E-state index contributed by atoms with van der Waals surface area (Å²) < 4.78 is 12.3.